The van der Waals surface area contributed by atoms with E-state index in [1.807, 2.05) is 11.8 Å². The Bertz CT molecular complexity index is 327. The molecule has 0 unspecified atom stereocenters. The molecule has 1 fully saturated rings. The largest absolute Gasteiger partial charge is 0.312 e. The number of thioether (sulfide) groups is 1. The van der Waals surface area contributed by atoms with E-state index in [1.54, 1.807) is 0 Å². The molecular formula is C15H23NS. The number of hydrogen-bond acceptors (Lipinski definition) is 2. The van der Waals surface area contributed by atoms with Crippen LogP contribution in [0.25, 0.3) is 0 Å². The zero-order valence-electron chi connectivity index (χ0n) is 10.9. The summed E-state index contributed by atoms with van der Waals surface area (Å²) in [4.78, 5) is 1.42. The van der Waals surface area contributed by atoms with Crippen LogP contribution in [0, 0.1) is 11.8 Å². The van der Waals surface area contributed by atoms with E-state index in [1.165, 1.54) is 29.1 Å². The van der Waals surface area contributed by atoms with Gasteiger partial charge in [0.25, 0.3) is 0 Å². The molecular weight excluding hydrogens is 226 g/mol. The molecule has 1 nitrogen and oxygen atoms in total. The lowest BCUT2D eigenvalue weighted by Gasteiger charge is -2.08. The lowest BCUT2D eigenvalue weighted by Crippen LogP contribution is -2.18. The molecule has 0 aliphatic heterocycles. The van der Waals surface area contributed by atoms with E-state index in [0.29, 0.717) is 0 Å². The molecule has 2 rings (SSSR count). The van der Waals surface area contributed by atoms with Crippen LogP contribution in [0.5, 0.6) is 0 Å². The minimum absolute atomic E-state index is 0.725. The molecule has 0 bridgehead atoms. The maximum Gasteiger partial charge on any atom is 0.0205 e. The molecule has 1 aliphatic rings. The predicted octanol–water partition coefficient (Wildman–Crippen LogP) is 3.93. The van der Waals surface area contributed by atoms with Gasteiger partial charge in [-0.1, -0.05) is 26.0 Å². The van der Waals surface area contributed by atoms with Crippen molar-refractivity contribution in [3.05, 3.63) is 29.8 Å². The van der Waals surface area contributed by atoms with Gasteiger partial charge in [0, 0.05) is 17.2 Å². The number of nitrogens with one attached hydrogen (secondary N) is 1. The van der Waals surface area contributed by atoms with Gasteiger partial charge >= 0.3 is 0 Å². The van der Waals surface area contributed by atoms with E-state index in [9.17, 15) is 0 Å². The van der Waals surface area contributed by atoms with Crippen LogP contribution >= 0.6 is 11.8 Å². The molecule has 0 heterocycles. The molecule has 1 saturated carbocycles. The van der Waals surface area contributed by atoms with Crippen molar-refractivity contribution < 1.29 is 0 Å². The first-order chi connectivity index (χ1) is 8.24. The quantitative estimate of drug-likeness (QED) is 0.735. The summed E-state index contributed by atoms with van der Waals surface area (Å²) >= 11 is 2.01. The maximum atomic E-state index is 3.47. The third kappa shape index (κ3) is 5.13. The molecule has 17 heavy (non-hydrogen) atoms. The van der Waals surface area contributed by atoms with Gasteiger partial charge in [0.2, 0.25) is 0 Å². The third-order valence-electron chi connectivity index (χ3n) is 2.99. The summed E-state index contributed by atoms with van der Waals surface area (Å²) in [6, 6.07) is 9.03. The molecule has 0 spiro atoms. The first kappa shape index (κ1) is 13.0. The topological polar surface area (TPSA) is 12.0 Å². The van der Waals surface area contributed by atoms with Gasteiger partial charge in [0.05, 0.1) is 0 Å². The minimum Gasteiger partial charge on any atom is -0.312 e. The highest BCUT2D eigenvalue weighted by atomic mass is 32.2. The fourth-order valence-electron chi connectivity index (χ4n) is 1.71. The molecule has 1 aromatic rings. The standard InChI is InChI=1S/C15H23NS/c1-12(2)9-16-10-13-5-7-15(8-6-13)17-11-14-3-4-14/h5-8,12,14,16H,3-4,9-11H2,1-2H3. The number of benzene rings is 1. The Labute approximate surface area is 109 Å². The Kier molecular flexibility index (Phi) is 4.93. The second-order valence-electron chi connectivity index (χ2n) is 5.42. The predicted molar refractivity (Wildman–Crippen MR) is 76.4 cm³/mol. The van der Waals surface area contributed by atoms with Gasteiger partial charge in [-0.3, -0.25) is 0 Å². The van der Waals surface area contributed by atoms with Crippen LogP contribution in [0.4, 0.5) is 0 Å². The Hall–Kier alpha value is -0.470. The highest BCUT2D eigenvalue weighted by Gasteiger charge is 2.20. The van der Waals surface area contributed by atoms with Gasteiger partial charge in [0.1, 0.15) is 0 Å². The van der Waals surface area contributed by atoms with Crippen molar-refractivity contribution >= 4 is 11.8 Å². The van der Waals surface area contributed by atoms with E-state index in [2.05, 4.69) is 43.4 Å². The molecule has 0 saturated heterocycles. The lowest BCUT2D eigenvalue weighted by atomic mass is 10.2. The summed E-state index contributed by atoms with van der Waals surface area (Å²) in [5, 5.41) is 3.47. The molecule has 0 aromatic heterocycles. The Morgan fingerprint density at radius 1 is 1.24 bits per heavy atom. The fourth-order valence-corrected chi connectivity index (χ4v) is 2.80. The lowest BCUT2D eigenvalue weighted by molar-refractivity contribution is 0.552. The van der Waals surface area contributed by atoms with Gasteiger partial charge in [0.15, 0.2) is 0 Å². The summed E-state index contributed by atoms with van der Waals surface area (Å²) in [5.41, 5.74) is 1.39. The summed E-state index contributed by atoms with van der Waals surface area (Å²) in [6.07, 6.45) is 2.90. The summed E-state index contributed by atoms with van der Waals surface area (Å²) in [7, 11) is 0. The average molecular weight is 249 g/mol. The highest BCUT2D eigenvalue weighted by Crippen LogP contribution is 2.34. The number of rotatable bonds is 7. The number of hydrogen-bond donors (Lipinski definition) is 1. The van der Waals surface area contributed by atoms with E-state index < -0.39 is 0 Å². The Balaban J connectivity index is 1.72. The van der Waals surface area contributed by atoms with E-state index in [-0.39, 0.29) is 0 Å². The van der Waals surface area contributed by atoms with Crippen LogP contribution in [0.3, 0.4) is 0 Å². The minimum atomic E-state index is 0.725. The summed E-state index contributed by atoms with van der Waals surface area (Å²) in [6.45, 7) is 6.57. The van der Waals surface area contributed by atoms with Crippen molar-refractivity contribution in [2.75, 3.05) is 12.3 Å². The van der Waals surface area contributed by atoms with Crippen LogP contribution in [0.2, 0.25) is 0 Å². The molecule has 0 amide bonds. The van der Waals surface area contributed by atoms with Crippen molar-refractivity contribution in [3.63, 3.8) is 0 Å². The summed E-state index contributed by atoms with van der Waals surface area (Å²) < 4.78 is 0. The second-order valence-corrected chi connectivity index (χ2v) is 6.52. The van der Waals surface area contributed by atoms with Crippen LogP contribution in [-0.2, 0) is 6.54 Å². The van der Waals surface area contributed by atoms with Gasteiger partial charge in [-0.05, 0) is 48.9 Å². The zero-order valence-corrected chi connectivity index (χ0v) is 11.7. The Morgan fingerprint density at radius 3 is 2.53 bits per heavy atom. The molecule has 1 aliphatic carbocycles. The van der Waals surface area contributed by atoms with Crippen molar-refractivity contribution in [1.82, 2.24) is 5.32 Å². The third-order valence-corrected chi connectivity index (χ3v) is 4.23. The molecule has 0 radical (unpaired) electrons. The van der Waals surface area contributed by atoms with Gasteiger partial charge in [-0.2, -0.15) is 0 Å². The molecule has 1 N–H and O–H groups in total. The van der Waals surface area contributed by atoms with Gasteiger partial charge < -0.3 is 5.32 Å². The van der Waals surface area contributed by atoms with Crippen LogP contribution in [0.15, 0.2) is 29.2 Å². The van der Waals surface area contributed by atoms with Crippen molar-refractivity contribution in [1.29, 1.82) is 0 Å². The van der Waals surface area contributed by atoms with Gasteiger partial charge in [-0.25, -0.2) is 0 Å². The maximum absolute atomic E-state index is 3.47. The van der Waals surface area contributed by atoms with Crippen LogP contribution in [0.1, 0.15) is 32.3 Å². The Morgan fingerprint density at radius 2 is 1.94 bits per heavy atom. The summed E-state index contributed by atoms with van der Waals surface area (Å²) in [5.74, 6) is 3.04. The average Bonchev–Trinajstić information content (AvgIpc) is 3.11. The zero-order chi connectivity index (χ0) is 12.1. The molecule has 1 aromatic carbocycles. The molecule has 0 atom stereocenters. The first-order valence-electron chi connectivity index (χ1n) is 6.66. The van der Waals surface area contributed by atoms with Gasteiger partial charge in [-0.15, -0.1) is 11.8 Å². The van der Waals surface area contributed by atoms with Crippen molar-refractivity contribution in [2.24, 2.45) is 11.8 Å². The van der Waals surface area contributed by atoms with Crippen molar-refractivity contribution in [3.8, 4) is 0 Å². The molecule has 2 heteroatoms. The normalized spacial score (nSPS) is 15.5. The van der Waals surface area contributed by atoms with Crippen LogP contribution < -0.4 is 5.32 Å². The fraction of sp³-hybridized carbons (Fsp3) is 0.600. The molecule has 94 valence electrons. The second kappa shape index (κ2) is 6.46. The van der Waals surface area contributed by atoms with Crippen molar-refractivity contribution in [2.45, 2.75) is 38.1 Å². The monoisotopic (exact) mass is 249 g/mol. The van der Waals surface area contributed by atoms with E-state index in [0.717, 1.165) is 24.9 Å². The highest BCUT2D eigenvalue weighted by molar-refractivity contribution is 7.99. The van der Waals surface area contributed by atoms with E-state index >= 15 is 0 Å². The smallest absolute Gasteiger partial charge is 0.0205 e. The SMILES string of the molecule is CC(C)CNCc1ccc(SCC2CC2)cc1. The first-order valence-corrected chi connectivity index (χ1v) is 7.65. The van der Waals surface area contributed by atoms with E-state index in [4.69, 9.17) is 0 Å². The van der Waals surface area contributed by atoms with Crippen LogP contribution in [-0.4, -0.2) is 12.3 Å².